The number of hydrogen-bond acceptors (Lipinski definition) is 3. The van der Waals surface area contributed by atoms with Gasteiger partial charge in [0.25, 0.3) is 0 Å². The van der Waals surface area contributed by atoms with Crippen molar-refractivity contribution >= 4 is 0 Å². The first-order valence-electron chi connectivity index (χ1n) is 5.23. The van der Waals surface area contributed by atoms with Crippen molar-refractivity contribution in [3.05, 3.63) is 41.7 Å². The van der Waals surface area contributed by atoms with Gasteiger partial charge in [-0.3, -0.25) is 0 Å². The Morgan fingerprint density at radius 2 is 2.06 bits per heavy atom. The summed E-state index contributed by atoms with van der Waals surface area (Å²) in [6.07, 6.45) is -2.86. The Balaban J connectivity index is 2.38. The quantitative estimate of drug-likeness (QED) is 0.897. The van der Waals surface area contributed by atoms with Gasteiger partial charge in [-0.2, -0.15) is 13.2 Å². The third kappa shape index (κ3) is 2.51. The molecule has 0 bridgehead atoms. The zero-order valence-electron chi connectivity index (χ0n) is 9.52. The third-order valence-electron chi connectivity index (χ3n) is 2.42. The minimum Gasteiger partial charge on any atom is -0.323 e. The number of benzene rings is 1. The van der Waals surface area contributed by atoms with E-state index >= 15 is 0 Å². The van der Waals surface area contributed by atoms with Crippen LogP contribution in [0.1, 0.15) is 24.2 Å². The van der Waals surface area contributed by atoms with Gasteiger partial charge in [0.15, 0.2) is 0 Å². The number of halogens is 3. The lowest BCUT2D eigenvalue weighted by atomic mass is 10.2. The Morgan fingerprint density at radius 1 is 1.33 bits per heavy atom. The minimum absolute atomic E-state index is 0.296. The van der Waals surface area contributed by atoms with Gasteiger partial charge in [0, 0.05) is 6.04 Å². The smallest absolute Gasteiger partial charge is 0.323 e. The van der Waals surface area contributed by atoms with Crippen molar-refractivity contribution in [3.63, 3.8) is 0 Å². The van der Waals surface area contributed by atoms with Crippen LogP contribution in [0.2, 0.25) is 0 Å². The lowest BCUT2D eigenvalue weighted by Gasteiger charge is -2.08. The van der Waals surface area contributed by atoms with E-state index in [9.17, 15) is 13.2 Å². The summed E-state index contributed by atoms with van der Waals surface area (Å²) >= 11 is 0. The maximum Gasteiger partial charge on any atom is 0.416 e. The molecule has 2 rings (SSSR count). The summed E-state index contributed by atoms with van der Waals surface area (Å²) in [5.74, 6) is 0. The molecule has 1 heterocycles. The molecule has 1 unspecified atom stereocenters. The number of hydrogen-bond donors (Lipinski definition) is 1. The van der Waals surface area contributed by atoms with Gasteiger partial charge < -0.3 is 5.73 Å². The van der Waals surface area contributed by atoms with Crippen LogP contribution >= 0.6 is 0 Å². The molecule has 0 amide bonds. The maximum atomic E-state index is 12.6. The first-order valence-corrected chi connectivity index (χ1v) is 5.23. The highest BCUT2D eigenvalue weighted by Gasteiger charge is 2.30. The molecule has 0 spiro atoms. The van der Waals surface area contributed by atoms with E-state index in [0.717, 1.165) is 12.1 Å². The van der Waals surface area contributed by atoms with E-state index in [4.69, 9.17) is 5.73 Å². The standard InChI is InChI=1S/C11H11F3N4/c1-7(15)10-6-18(17-16-10)9-4-2-3-8(5-9)11(12,13)14/h2-7H,15H2,1H3. The molecule has 0 radical (unpaired) electrons. The van der Waals surface area contributed by atoms with Gasteiger partial charge in [-0.15, -0.1) is 5.10 Å². The highest BCUT2D eigenvalue weighted by atomic mass is 19.4. The fourth-order valence-electron chi connectivity index (χ4n) is 1.44. The van der Waals surface area contributed by atoms with Gasteiger partial charge in [-0.1, -0.05) is 11.3 Å². The number of alkyl halides is 3. The molecule has 2 N–H and O–H groups in total. The van der Waals surface area contributed by atoms with Crippen molar-refractivity contribution in [1.82, 2.24) is 15.0 Å². The van der Waals surface area contributed by atoms with Gasteiger partial charge in [0.05, 0.1) is 23.1 Å². The average Bonchev–Trinajstić information content (AvgIpc) is 2.77. The zero-order chi connectivity index (χ0) is 13.3. The van der Waals surface area contributed by atoms with Gasteiger partial charge in [0.1, 0.15) is 0 Å². The Hall–Kier alpha value is -1.89. The summed E-state index contributed by atoms with van der Waals surface area (Å²) in [6.45, 7) is 1.72. The molecular formula is C11H11F3N4. The second-order valence-electron chi connectivity index (χ2n) is 3.92. The number of aromatic nitrogens is 3. The summed E-state index contributed by atoms with van der Waals surface area (Å²) in [7, 11) is 0. The lowest BCUT2D eigenvalue weighted by Crippen LogP contribution is -2.06. The normalized spacial score (nSPS) is 13.6. The molecule has 7 heteroatoms. The molecule has 1 aromatic heterocycles. The van der Waals surface area contributed by atoms with Crippen molar-refractivity contribution in [2.24, 2.45) is 5.73 Å². The molecular weight excluding hydrogens is 245 g/mol. The lowest BCUT2D eigenvalue weighted by molar-refractivity contribution is -0.137. The Morgan fingerprint density at radius 3 is 2.61 bits per heavy atom. The van der Waals surface area contributed by atoms with Crippen LogP contribution in [0, 0.1) is 0 Å². The van der Waals surface area contributed by atoms with E-state index in [0.29, 0.717) is 11.4 Å². The Labute approximate surface area is 101 Å². The fraction of sp³-hybridized carbons (Fsp3) is 0.273. The topological polar surface area (TPSA) is 56.7 Å². The fourth-order valence-corrected chi connectivity index (χ4v) is 1.44. The molecule has 2 aromatic rings. The van der Waals surface area contributed by atoms with Crippen LogP contribution in [-0.2, 0) is 6.18 Å². The van der Waals surface area contributed by atoms with Crippen LogP contribution in [-0.4, -0.2) is 15.0 Å². The first kappa shape index (κ1) is 12.6. The molecule has 0 saturated carbocycles. The van der Waals surface area contributed by atoms with Crippen LogP contribution in [0.3, 0.4) is 0 Å². The maximum absolute atomic E-state index is 12.6. The van der Waals surface area contributed by atoms with E-state index < -0.39 is 11.7 Å². The van der Waals surface area contributed by atoms with Gasteiger partial charge in [-0.05, 0) is 25.1 Å². The Kier molecular flexibility index (Phi) is 3.08. The van der Waals surface area contributed by atoms with Crippen molar-refractivity contribution in [1.29, 1.82) is 0 Å². The van der Waals surface area contributed by atoms with Crippen molar-refractivity contribution < 1.29 is 13.2 Å². The van der Waals surface area contributed by atoms with Crippen LogP contribution in [0.5, 0.6) is 0 Å². The summed E-state index contributed by atoms with van der Waals surface area (Å²) in [5, 5.41) is 7.54. The average molecular weight is 256 g/mol. The van der Waals surface area contributed by atoms with Crippen LogP contribution in [0.25, 0.3) is 5.69 Å². The van der Waals surface area contributed by atoms with E-state index in [1.807, 2.05) is 0 Å². The van der Waals surface area contributed by atoms with E-state index in [2.05, 4.69) is 10.3 Å². The van der Waals surface area contributed by atoms with Crippen molar-refractivity contribution in [2.45, 2.75) is 19.1 Å². The predicted molar refractivity (Wildman–Crippen MR) is 59.0 cm³/mol. The second-order valence-corrected chi connectivity index (χ2v) is 3.92. The number of nitrogens with zero attached hydrogens (tertiary/aromatic N) is 3. The molecule has 18 heavy (non-hydrogen) atoms. The predicted octanol–water partition coefficient (Wildman–Crippen LogP) is 2.31. The highest BCUT2D eigenvalue weighted by molar-refractivity contribution is 5.36. The molecule has 4 nitrogen and oxygen atoms in total. The van der Waals surface area contributed by atoms with Crippen molar-refractivity contribution in [3.8, 4) is 5.69 Å². The van der Waals surface area contributed by atoms with Gasteiger partial charge in [-0.25, -0.2) is 4.68 Å². The molecule has 1 atom stereocenters. The summed E-state index contributed by atoms with van der Waals surface area (Å²) in [6, 6.07) is 4.55. The zero-order valence-corrected chi connectivity index (χ0v) is 9.52. The second kappa shape index (κ2) is 4.41. The summed E-state index contributed by atoms with van der Waals surface area (Å²) in [5.41, 5.74) is 5.70. The van der Waals surface area contributed by atoms with Gasteiger partial charge >= 0.3 is 6.18 Å². The van der Waals surface area contributed by atoms with Crippen LogP contribution in [0.4, 0.5) is 13.2 Å². The van der Waals surface area contributed by atoms with Crippen LogP contribution in [0.15, 0.2) is 30.5 Å². The van der Waals surface area contributed by atoms with Gasteiger partial charge in [0.2, 0.25) is 0 Å². The summed E-state index contributed by atoms with van der Waals surface area (Å²) in [4.78, 5) is 0. The third-order valence-corrected chi connectivity index (χ3v) is 2.42. The van der Waals surface area contributed by atoms with E-state index in [1.165, 1.54) is 23.0 Å². The van der Waals surface area contributed by atoms with Crippen molar-refractivity contribution in [2.75, 3.05) is 0 Å². The molecule has 0 fully saturated rings. The minimum atomic E-state index is -4.37. The molecule has 0 aliphatic rings. The SMILES string of the molecule is CC(N)c1cn(-c2cccc(C(F)(F)F)c2)nn1. The highest BCUT2D eigenvalue weighted by Crippen LogP contribution is 2.30. The Bertz CT molecular complexity index is 545. The van der Waals surface area contributed by atoms with E-state index in [-0.39, 0.29) is 6.04 Å². The molecule has 96 valence electrons. The number of nitrogens with two attached hydrogens (primary N) is 1. The number of rotatable bonds is 2. The summed E-state index contributed by atoms with van der Waals surface area (Å²) < 4.78 is 38.9. The monoisotopic (exact) mass is 256 g/mol. The largest absolute Gasteiger partial charge is 0.416 e. The molecule has 0 aliphatic carbocycles. The first-order chi connectivity index (χ1) is 8.38. The van der Waals surface area contributed by atoms with Crippen LogP contribution < -0.4 is 5.73 Å². The molecule has 0 saturated heterocycles. The molecule has 0 aliphatic heterocycles. The molecule has 1 aromatic carbocycles. The van der Waals surface area contributed by atoms with E-state index in [1.54, 1.807) is 6.92 Å².